The number of benzene rings is 2. The molecule has 0 N–H and O–H groups in total. The Morgan fingerprint density at radius 3 is 2.10 bits per heavy atom. The predicted octanol–water partition coefficient (Wildman–Crippen LogP) is 5.82. The molecule has 0 spiro atoms. The van der Waals surface area contributed by atoms with Gasteiger partial charge in [-0.05, 0) is 56.6 Å². The Morgan fingerprint density at radius 1 is 1.03 bits per heavy atom. The van der Waals surface area contributed by atoms with E-state index in [2.05, 4.69) is 6.92 Å². The van der Waals surface area contributed by atoms with Crippen molar-refractivity contribution < 1.29 is 19.1 Å². The van der Waals surface area contributed by atoms with E-state index >= 15 is 0 Å². The molecule has 2 aromatic rings. The summed E-state index contributed by atoms with van der Waals surface area (Å²) in [6.45, 7) is 7.69. The molecule has 5 heteroatoms. The summed E-state index contributed by atoms with van der Waals surface area (Å²) in [6, 6.07) is 18.3. The van der Waals surface area contributed by atoms with Gasteiger partial charge in [-0.1, -0.05) is 67.6 Å². The Hall–Kier alpha value is -2.82. The van der Waals surface area contributed by atoms with Gasteiger partial charge in [-0.25, -0.2) is 9.59 Å². The molecule has 0 radical (unpaired) electrons. The number of amides is 1. The standard InChI is InChI=1S/C26H31NO4/c1-25(2,3)31-24(29)27-20(17-26(4)15-16-26)23(28)30-22(19-13-9-6-10-14-19)21(27)18-11-7-5-8-12-18/h5-14,20-22H,15-17H2,1-4H3/t20-,21-,22+/m1/s1. The van der Waals surface area contributed by atoms with Crippen molar-refractivity contribution in [3.05, 3.63) is 71.8 Å². The zero-order valence-corrected chi connectivity index (χ0v) is 18.7. The van der Waals surface area contributed by atoms with Crippen LogP contribution in [0.5, 0.6) is 0 Å². The lowest BCUT2D eigenvalue weighted by molar-refractivity contribution is -0.175. The summed E-state index contributed by atoms with van der Waals surface area (Å²) in [4.78, 5) is 28.4. The lowest BCUT2D eigenvalue weighted by atomic mass is 9.88. The summed E-state index contributed by atoms with van der Waals surface area (Å²) in [6.07, 6.45) is 1.60. The molecular weight excluding hydrogens is 390 g/mol. The summed E-state index contributed by atoms with van der Waals surface area (Å²) in [5, 5.41) is 0. The third kappa shape index (κ3) is 4.76. The minimum atomic E-state index is -0.674. The van der Waals surface area contributed by atoms with Gasteiger partial charge in [0.25, 0.3) is 0 Å². The number of ether oxygens (including phenoxy) is 2. The van der Waals surface area contributed by atoms with Crippen LogP contribution in [0, 0.1) is 5.41 Å². The van der Waals surface area contributed by atoms with E-state index in [4.69, 9.17) is 9.47 Å². The Labute approximate surface area is 184 Å². The number of rotatable bonds is 4. The summed E-state index contributed by atoms with van der Waals surface area (Å²) in [5.41, 5.74) is 1.16. The number of hydrogen-bond acceptors (Lipinski definition) is 4. The van der Waals surface area contributed by atoms with Gasteiger partial charge in [-0.2, -0.15) is 0 Å². The number of cyclic esters (lactones) is 1. The molecule has 1 heterocycles. The van der Waals surface area contributed by atoms with Crippen LogP contribution in [0.25, 0.3) is 0 Å². The van der Waals surface area contributed by atoms with Crippen LogP contribution < -0.4 is 0 Å². The third-order valence-electron chi connectivity index (χ3n) is 6.10. The molecule has 1 saturated heterocycles. The summed E-state index contributed by atoms with van der Waals surface area (Å²) < 4.78 is 11.9. The Bertz CT molecular complexity index is 931. The summed E-state index contributed by atoms with van der Waals surface area (Å²) in [5.74, 6) is -0.361. The van der Waals surface area contributed by atoms with Gasteiger partial charge in [0.15, 0.2) is 6.10 Å². The van der Waals surface area contributed by atoms with Crippen LogP contribution in [0.15, 0.2) is 60.7 Å². The van der Waals surface area contributed by atoms with Crippen molar-refractivity contribution in [3.8, 4) is 0 Å². The number of carbonyl (C=O) groups excluding carboxylic acids is 2. The van der Waals surface area contributed by atoms with Crippen molar-refractivity contribution in [2.75, 3.05) is 0 Å². The van der Waals surface area contributed by atoms with Crippen LogP contribution in [0.2, 0.25) is 0 Å². The highest BCUT2D eigenvalue weighted by atomic mass is 16.6. The van der Waals surface area contributed by atoms with Gasteiger partial charge in [0.1, 0.15) is 17.7 Å². The van der Waals surface area contributed by atoms with Crippen molar-refractivity contribution in [2.24, 2.45) is 5.41 Å². The van der Waals surface area contributed by atoms with Gasteiger partial charge in [-0.15, -0.1) is 0 Å². The molecule has 164 valence electrons. The molecule has 2 aromatic carbocycles. The van der Waals surface area contributed by atoms with E-state index in [0.29, 0.717) is 6.42 Å². The number of esters is 1. The second-order valence-electron chi connectivity index (χ2n) is 10.0. The number of hydrogen-bond donors (Lipinski definition) is 0. The van der Waals surface area contributed by atoms with E-state index in [1.54, 1.807) is 4.90 Å². The van der Waals surface area contributed by atoms with Crippen LogP contribution >= 0.6 is 0 Å². The number of morpholine rings is 1. The highest BCUT2D eigenvalue weighted by Crippen LogP contribution is 2.52. The maximum absolute atomic E-state index is 13.5. The molecule has 1 saturated carbocycles. The van der Waals surface area contributed by atoms with E-state index in [1.165, 1.54) is 0 Å². The quantitative estimate of drug-likeness (QED) is 0.584. The van der Waals surface area contributed by atoms with E-state index in [0.717, 1.165) is 24.0 Å². The first-order chi connectivity index (χ1) is 14.7. The predicted molar refractivity (Wildman–Crippen MR) is 118 cm³/mol. The van der Waals surface area contributed by atoms with E-state index in [9.17, 15) is 9.59 Å². The smallest absolute Gasteiger partial charge is 0.411 e. The van der Waals surface area contributed by atoms with Crippen LogP contribution in [-0.4, -0.2) is 28.6 Å². The minimum absolute atomic E-state index is 0.0603. The first-order valence-electron chi connectivity index (χ1n) is 11.0. The van der Waals surface area contributed by atoms with Crippen LogP contribution in [0.1, 0.15) is 70.2 Å². The molecule has 31 heavy (non-hydrogen) atoms. The summed E-state index contributed by atoms with van der Waals surface area (Å²) >= 11 is 0. The second-order valence-corrected chi connectivity index (χ2v) is 10.0. The number of carbonyl (C=O) groups is 2. The monoisotopic (exact) mass is 421 g/mol. The van der Waals surface area contributed by atoms with E-state index in [-0.39, 0.29) is 11.4 Å². The molecule has 1 aliphatic carbocycles. The average molecular weight is 422 g/mol. The van der Waals surface area contributed by atoms with Crippen molar-refractivity contribution in [2.45, 2.75) is 70.7 Å². The maximum Gasteiger partial charge on any atom is 0.411 e. The van der Waals surface area contributed by atoms with Crippen molar-refractivity contribution in [3.63, 3.8) is 0 Å². The minimum Gasteiger partial charge on any atom is -0.453 e. The van der Waals surface area contributed by atoms with Gasteiger partial charge < -0.3 is 9.47 Å². The molecule has 0 aromatic heterocycles. The first kappa shape index (κ1) is 21.4. The molecule has 3 atom stereocenters. The molecule has 0 unspecified atom stereocenters. The fourth-order valence-electron chi connectivity index (χ4n) is 4.22. The van der Waals surface area contributed by atoms with Crippen LogP contribution in [0.3, 0.4) is 0 Å². The highest BCUT2D eigenvalue weighted by Gasteiger charge is 2.52. The van der Waals surface area contributed by atoms with Gasteiger partial charge in [-0.3, -0.25) is 4.90 Å². The van der Waals surface area contributed by atoms with Crippen molar-refractivity contribution in [1.29, 1.82) is 0 Å². The molecule has 2 aliphatic rings. The zero-order chi connectivity index (χ0) is 22.2. The molecule has 2 fully saturated rings. The van der Waals surface area contributed by atoms with E-state index in [1.807, 2.05) is 81.4 Å². The molecule has 5 nitrogen and oxygen atoms in total. The molecule has 4 rings (SSSR count). The van der Waals surface area contributed by atoms with E-state index < -0.39 is 29.9 Å². The lowest BCUT2D eigenvalue weighted by Gasteiger charge is -2.46. The number of nitrogens with zero attached hydrogens (tertiary/aromatic N) is 1. The maximum atomic E-state index is 13.5. The average Bonchev–Trinajstić information content (AvgIpc) is 3.46. The lowest BCUT2D eigenvalue weighted by Crippen LogP contribution is -2.55. The summed E-state index contributed by atoms with van der Waals surface area (Å²) in [7, 11) is 0. The molecular formula is C26H31NO4. The van der Waals surface area contributed by atoms with Gasteiger partial charge in [0.05, 0.1) is 0 Å². The molecule has 1 aliphatic heterocycles. The fourth-order valence-corrected chi connectivity index (χ4v) is 4.22. The van der Waals surface area contributed by atoms with Gasteiger partial charge in [0, 0.05) is 0 Å². The fraction of sp³-hybridized carbons (Fsp3) is 0.462. The van der Waals surface area contributed by atoms with Crippen molar-refractivity contribution >= 4 is 12.1 Å². The SMILES string of the molecule is CC1(C[C@@H]2C(=O)O[C@@H](c3ccccc3)[C@@H](c3ccccc3)N2C(=O)OC(C)(C)C)CC1. The Kier molecular flexibility index (Phi) is 5.54. The first-order valence-corrected chi connectivity index (χ1v) is 11.0. The Balaban J connectivity index is 1.81. The second kappa shape index (κ2) is 8.03. The third-order valence-corrected chi connectivity index (χ3v) is 6.10. The molecule has 0 bridgehead atoms. The molecule has 1 amide bonds. The normalized spacial score (nSPS) is 25.0. The van der Waals surface area contributed by atoms with Crippen LogP contribution in [0.4, 0.5) is 4.79 Å². The van der Waals surface area contributed by atoms with Gasteiger partial charge >= 0.3 is 12.1 Å². The topological polar surface area (TPSA) is 55.8 Å². The highest BCUT2D eigenvalue weighted by molar-refractivity contribution is 5.83. The zero-order valence-electron chi connectivity index (χ0n) is 18.7. The van der Waals surface area contributed by atoms with Gasteiger partial charge in [0.2, 0.25) is 0 Å². The largest absolute Gasteiger partial charge is 0.453 e. The van der Waals surface area contributed by atoms with Crippen LogP contribution in [-0.2, 0) is 14.3 Å². The Morgan fingerprint density at radius 2 is 1.58 bits per heavy atom. The van der Waals surface area contributed by atoms with Crippen molar-refractivity contribution in [1.82, 2.24) is 4.90 Å².